The molecule has 0 fully saturated rings. The van der Waals surface area contributed by atoms with Crippen LogP contribution in [0.1, 0.15) is 24.1 Å². The number of hydrogen-bond donors (Lipinski definition) is 0. The quantitative estimate of drug-likeness (QED) is 0.723. The van der Waals surface area contributed by atoms with Crippen LogP contribution < -0.4 is 0 Å². The van der Waals surface area contributed by atoms with E-state index in [0.29, 0.717) is 5.52 Å². The molecule has 1 heterocycles. The van der Waals surface area contributed by atoms with E-state index < -0.39 is 10.0 Å². The SMILES string of the molecule is Cc1cnc2c(S(=O)(=O)N(C)C(C)c3ccccc3)cccc2c1. The lowest BCUT2D eigenvalue weighted by atomic mass is 10.1. The van der Waals surface area contributed by atoms with Crippen LogP contribution in [0.15, 0.2) is 65.7 Å². The first kappa shape index (κ1) is 16.6. The summed E-state index contributed by atoms with van der Waals surface area (Å²) >= 11 is 0. The van der Waals surface area contributed by atoms with E-state index in [4.69, 9.17) is 0 Å². The van der Waals surface area contributed by atoms with Gasteiger partial charge in [0.15, 0.2) is 0 Å². The zero-order valence-electron chi connectivity index (χ0n) is 14.0. The number of aryl methyl sites for hydroxylation is 1. The number of para-hydroxylation sites is 1. The molecular formula is C19H20N2O2S. The minimum absolute atomic E-state index is 0.241. The summed E-state index contributed by atoms with van der Waals surface area (Å²) in [6.07, 6.45) is 1.70. The summed E-state index contributed by atoms with van der Waals surface area (Å²) in [5.41, 5.74) is 2.46. The Hall–Kier alpha value is -2.24. The van der Waals surface area contributed by atoms with E-state index in [1.54, 1.807) is 25.4 Å². The molecule has 124 valence electrons. The predicted octanol–water partition coefficient (Wildman–Crippen LogP) is 3.92. The van der Waals surface area contributed by atoms with Gasteiger partial charge in [0, 0.05) is 24.7 Å². The normalized spacial score (nSPS) is 13.3. The van der Waals surface area contributed by atoms with E-state index >= 15 is 0 Å². The molecule has 1 aromatic heterocycles. The highest BCUT2D eigenvalue weighted by Gasteiger charge is 2.28. The maximum atomic E-state index is 13.1. The van der Waals surface area contributed by atoms with Crippen LogP contribution in [0.3, 0.4) is 0 Å². The number of hydrogen-bond acceptors (Lipinski definition) is 3. The first-order valence-corrected chi connectivity index (χ1v) is 9.23. The monoisotopic (exact) mass is 340 g/mol. The number of benzene rings is 2. The minimum atomic E-state index is -3.65. The largest absolute Gasteiger partial charge is 0.255 e. The van der Waals surface area contributed by atoms with Crippen LogP contribution in [-0.2, 0) is 10.0 Å². The van der Waals surface area contributed by atoms with Crippen LogP contribution >= 0.6 is 0 Å². The van der Waals surface area contributed by atoms with E-state index in [0.717, 1.165) is 16.5 Å². The van der Waals surface area contributed by atoms with Crippen LogP contribution in [0.25, 0.3) is 10.9 Å². The molecule has 24 heavy (non-hydrogen) atoms. The number of pyridine rings is 1. The van der Waals surface area contributed by atoms with Crippen LogP contribution in [-0.4, -0.2) is 24.8 Å². The van der Waals surface area contributed by atoms with Gasteiger partial charge in [-0.25, -0.2) is 8.42 Å². The number of fused-ring (bicyclic) bond motifs is 1. The Labute approximate surface area is 142 Å². The Balaban J connectivity index is 2.08. The van der Waals surface area contributed by atoms with Crippen molar-refractivity contribution in [3.8, 4) is 0 Å². The first-order chi connectivity index (χ1) is 11.4. The molecule has 3 rings (SSSR count). The van der Waals surface area contributed by atoms with Crippen molar-refractivity contribution in [3.63, 3.8) is 0 Å². The molecule has 5 heteroatoms. The molecule has 0 N–H and O–H groups in total. The molecule has 0 saturated heterocycles. The van der Waals surface area contributed by atoms with Crippen LogP contribution in [0.5, 0.6) is 0 Å². The summed E-state index contributed by atoms with van der Waals surface area (Å²) in [5, 5.41) is 0.830. The Morgan fingerprint density at radius 1 is 1.04 bits per heavy atom. The second-order valence-corrected chi connectivity index (χ2v) is 7.91. The zero-order chi connectivity index (χ0) is 17.3. The summed E-state index contributed by atoms with van der Waals surface area (Å²) in [6.45, 7) is 3.83. The van der Waals surface area contributed by atoms with Gasteiger partial charge in [0.1, 0.15) is 4.90 Å². The number of sulfonamides is 1. The van der Waals surface area contributed by atoms with Gasteiger partial charge >= 0.3 is 0 Å². The standard InChI is InChI=1S/C19H20N2O2S/c1-14-12-17-10-7-11-18(19(17)20-13-14)24(22,23)21(3)15(2)16-8-5-4-6-9-16/h4-13,15H,1-3H3. The van der Waals surface area contributed by atoms with Crippen molar-refractivity contribution in [1.29, 1.82) is 0 Å². The fraction of sp³-hybridized carbons (Fsp3) is 0.211. The molecule has 0 bridgehead atoms. The van der Waals surface area contributed by atoms with E-state index in [2.05, 4.69) is 4.98 Å². The Morgan fingerprint density at radius 3 is 2.46 bits per heavy atom. The van der Waals surface area contributed by atoms with Crippen molar-refractivity contribution in [3.05, 3.63) is 71.9 Å². The van der Waals surface area contributed by atoms with Gasteiger partial charge in [0.25, 0.3) is 0 Å². The molecule has 0 aliphatic heterocycles. The third-order valence-electron chi connectivity index (χ3n) is 4.30. The molecule has 0 aliphatic carbocycles. The van der Waals surface area contributed by atoms with Crippen molar-refractivity contribution >= 4 is 20.9 Å². The van der Waals surface area contributed by atoms with Crippen LogP contribution in [0.2, 0.25) is 0 Å². The van der Waals surface area contributed by atoms with Gasteiger partial charge in [0.05, 0.1) is 5.52 Å². The van der Waals surface area contributed by atoms with E-state index in [1.807, 2.05) is 56.3 Å². The van der Waals surface area contributed by atoms with E-state index in [9.17, 15) is 8.42 Å². The van der Waals surface area contributed by atoms with Crippen molar-refractivity contribution in [1.82, 2.24) is 9.29 Å². The third-order valence-corrected chi connectivity index (χ3v) is 6.25. The molecule has 0 amide bonds. The first-order valence-electron chi connectivity index (χ1n) is 7.79. The molecule has 4 nitrogen and oxygen atoms in total. The number of rotatable bonds is 4. The maximum Gasteiger partial charge on any atom is 0.245 e. The molecular weight excluding hydrogens is 320 g/mol. The van der Waals surface area contributed by atoms with Gasteiger partial charge in [-0.15, -0.1) is 0 Å². The van der Waals surface area contributed by atoms with Gasteiger partial charge in [-0.3, -0.25) is 4.98 Å². The van der Waals surface area contributed by atoms with Crippen molar-refractivity contribution in [2.75, 3.05) is 7.05 Å². The number of nitrogens with zero attached hydrogens (tertiary/aromatic N) is 2. The summed E-state index contributed by atoms with van der Waals surface area (Å²) in [6, 6.07) is 16.5. The van der Waals surface area contributed by atoms with Crippen molar-refractivity contribution in [2.24, 2.45) is 0 Å². The Bertz CT molecular complexity index is 969. The lowest BCUT2D eigenvalue weighted by molar-refractivity contribution is 0.399. The molecule has 3 aromatic rings. The second-order valence-electron chi connectivity index (χ2n) is 5.95. The topological polar surface area (TPSA) is 50.3 Å². The predicted molar refractivity (Wildman–Crippen MR) is 96.3 cm³/mol. The van der Waals surface area contributed by atoms with Crippen molar-refractivity contribution < 1.29 is 8.42 Å². The zero-order valence-corrected chi connectivity index (χ0v) is 14.8. The Morgan fingerprint density at radius 2 is 1.75 bits per heavy atom. The highest BCUT2D eigenvalue weighted by Crippen LogP contribution is 2.29. The van der Waals surface area contributed by atoms with Gasteiger partial charge in [-0.2, -0.15) is 4.31 Å². The minimum Gasteiger partial charge on any atom is -0.255 e. The van der Waals surface area contributed by atoms with Crippen LogP contribution in [0, 0.1) is 6.92 Å². The van der Waals surface area contributed by atoms with Gasteiger partial charge in [0.2, 0.25) is 10.0 Å². The molecule has 0 spiro atoms. The smallest absolute Gasteiger partial charge is 0.245 e. The van der Waals surface area contributed by atoms with Crippen LogP contribution in [0.4, 0.5) is 0 Å². The average molecular weight is 340 g/mol. The molecule has 0 radical (unpaired) electrons. The lowest BCUT2D eigenvalue weighted by Crippen LogP contribution is -2.30. The lowest BCUT2D eigenvalue weighted by Gasteiger charge is -2.25. The van der Waals surface area contributed by atoms with Gasteiger partial charge in [-0.05, 0) is 37.1 Å². The summed E-state index contributed by atoms with van der Waals surface area (Å²) in [5.74, 6) is 0. The average Bonchev–Trinajstić information content (AvgIpc) is 2.60. The highest BCUT2D eigenvalue weighted by atomic mass is 32.2. The van der Waals surface area contributed by atoms with Crippen molar-refractivity contribution in [2.45, 2.75) is 24.8 Å². The summed E-state index contributed by atoms with van der Waals surface area (Å²) in [4.78, 5) is 4.60. The number of aromatic nitrogens is 1. The van der Waals surface area contributed by atoms with Gasteiger partial charge < -0.3 is 0 Å². The molecule has 2 aromatic carbocycles. The second kappa shape index (κ2) is 6.34. The molecule has 1 atom stereocenters. The molecule has 0 saturated carbocycles. The maximum absolute atomic E-state index is 13.1. The van der Waals surface area contributed by atoms with Gasteiger partial charge in [-0.1, -0.05) is 42.5 Å². The highest BCUT2D eigenvalue weighted by molar-refractivity contribution is 7.89. The Kier molecular flexibility index (Phi) is 4.39. The fourth-order valence-corrected chi connectivity index (χ4v) is 4.27. The van der Waals surface area contributed by atoms with E-state index in [1.165, 1.54) is 4.31 Å². The fourth-order valence-electron chi connectivity index (χ4n) is 2.76. The third kappa shape index (κ3) is 2.92. The summed E-state index contributed by atoms with van der Waals surface area (Å²) < 4.78 is 27.7. The molecule has 0 aliphatic rings. The van der Waals surface area contributed by atoms with E-state index in [-0.39, 0.29) is 10.9 Å². The summed E-state index contributed by atoms with van der Waals surface area (Å²) in [7, 11) is -2.04. The molecule has 1 unspecified atom stereocenters.